The lowest BCUT2D eigenvalue weighted by atomic mass is 10.1. The molecule has 0 spiro atoms. The highest BCUT2D eigenvalue weighted by Crippen LogP contribution is 2.15. The number of nitrogens with zero attached hydrogens (tertiary/aromatic N) is 1. The molecule has 0 saturated carbocycles. The fourth-order valence-corrected chi connectivity index (χ4v) is 2.40. The Labute approximate surface area is 144 Å². The van der Waals surface area contributed by atoms with Crippen LogP contribution in [0, 0.1) is 0 Å². The number of rotatable bonds is 8. The van der Waals surface area contributed by atoms with Gasteiger partial charge in [-0.15, -0.1) is 0 Å². The molecule has 128 valence electrons. The molecule has 0 heterocycles. The molecule has 24 heavy (non-hydrogen) atoms. The van der Waals surface area contributed by atoms with Gasteiger partial charge < -0.3 is 14.4 Å². The van der Waals surface area contributed by atoms with Crippen LogP contribution in [0.25, 0.3) is 0 Å². The zero-order chi connectivity index (χ0) is 17.4. The monoisotopic (exact) mass is 327 g/mol. The molecule has 0 radical (unpaired) electrons. The second-order valence-electron chi connectivity index (χ2n) is 5.58. The van der Waals surface area contributed by atoms with Crippen molar-refractivity contribution in [2.75, 3.05) is 20.3 Å². The second kappa shape index (κ2) is 8.96. The molecule has 0 unspecified atom stereocenters. The molecule has 2 aromatic rings. The Balaban J connectivity index is 1.89. The van der Waals surface area contributed by atoms with Crippen molar-refractivity contribution in [3.05, 3.63) is 59.7 Å². The topological polar surface area (TPSA) is 38.8 Å². The lowest BCUT2D eigenvalue weighted by molar-refractivity contribution is -0.129. The van der Waals surface area contributed by atoms with Crippen LogP contribution >= 0.6 is 0 Å². The fourth-order valence-electron chi connectivity index (χ4n) is 2.40. The summed E-state index contributed by atoms with van der Waals surface area (Å²) in [5, 5.41) is 0. The summed E-state index contributed by atoms with van der Waals surface area (Å²) < 4.78 is 10.8. The van der Waals surface area contributed by atoms with E-state index in [0.29, 0.717) is 26.2 Å². The third kappa shape index (κ3) is 5.30. The Bertz CT molecular complexity index is 635. The van der Waals surface area contributed by atoms with Crippen LogP contribution in [-0.2, 0) is 17.8 Å². The molecule has 0 aliphatic rings. The number of amides is 1. The molecule has 2 rings (SSSR count). The zero-order valence-corrected chi connectivity index (χ0v) is 14.6. The Morgan fingerprint density at radius 1 is 0.833 bits per heavy atom. The molecular weight excluding hydrogens is 302 g/mol. The van der Waals surface area contributed by atoms with Gasteiger partial charge in [0.15, 0.2) is 0 Å². The fraction of sp³-hybridized carbons (Fsp3) is 0.350. The zero-order valence-electron chi connectivity index (χ0n) is 14.6. The molecule has 0 aliphatic carbocycles. The lowest BCUT2D eigenvalue weighted by Crippen LogP contribution is -2.27. The van der Waals surface area contributed by atoms with Gasteiger partial charge >= 0.3 is 0 Å². The van der Waals surface area contributed by atoms with Gasteiger partial charge in [-0.05, 0) is 49.2 Å². The molecule has 0 atom stereocenters. The number of carbonyl (C=O) groups excluding carboxylic acids is 1. The largest absolute Gasteiger partial charge is 0.494 e. The summed E-state index contributed by atoms with van der Waals surface area (Å²) in [5.41, 5.74) is 2.07. The average Bonchev–Trinajstić information content (AvgIpc) is 2.59. The van der Waals surface area contributed by atoms with Crippen LogP contribution in [0.5, 0.6) is 11.5 Å². The molecule has 0 aromatic heterocycles. The SMILES string of the molecule is CCOc1ccc(CC(=O)N(C)Cc2ccc(OCC)cc2)cc1. The number of benzene rings is 2. The minimum absolute atomic E-state index is 0.0908. The molecule has 1 amide bonds. The van der Waals surface area contributed by atoms with Crippen molar-refractivity contribution in [1.29, 1.82) is 0 Å². The van der Waals surface area contributed by atoms with Crippen LogP contribution in [0.4, 0.5) is 0 Å². The molecule has 0 aliphatic heterocycles. The van der Waals surface area contributed by atoms with Crippen molar-refractivity contribution in [2.45, 2.75) is 26.8 Å². The van der Waals surface area contributed by atoms with Gasteiger partial charge in [0, 0.05) is 13.6 Å². The van der Waals surface area contributed by atoms with E-state index >= 15 is 0 Å². The summed E-state index contributed by atoms with van der Waals surface area (Å²) in [6, 6.07) is 15.5. The normalized spacial score (nSPS) is 10.3. The smallest absolute Gasteiger partial charge is 0.227 e. The molecule has 2 aromatic carbocycles. The predicted molar refractivity (Wildman–Crippen MR) is 95.4 cm³/mol. The van der Waals surface area contributed by atoms with E-state index < -0.39 is 0 Å². The number of likely N-dealkylation sites (N-methyl/N-ethyl adjacent to an activating group) is 1. The van der Waals surface area contributed by atoms with Gasteiger partial charge in [0.25, 0.3) is 0 Å². The van der Waals surface area contributed by atoms with E-state index in [2.05, 4.69) is 0 Å². The molecule has 0 saturated heterocycles. The molecule has 0 fully saturated rings. The standard InChI is InChI=1S/C20H25NO3/c1-4-23-18-10-6-16(7-11-18)14-20(22)21(3)15-17-8-12-19(13-9-17)24-5-2/h6-13H,4-5,14-15H2,1-3H3. The van der Waals surface area contributed by atoms with Crippen molar-refractivity contribution in [3.8, 4) is 11.5 Å². The van der Waals surface area contributed by atoms with E-state index in [0.717, 1.165) is 22.6 Å². The van der Waals surface area contributed by atoms with Crippen LogP contribution in [0.1, 0.15) is 25.0 Å². The first-order chi connectivity index (χ1) is 11.6. The second-order valence-corrected chi connectivity index (χ2v) is 5.58. The Morgan fingerprint density at radius 3 is 1.75 bits per heavy atom. The highest BCUT2D eigenvalue weighted by molar-refractivity contribution is 5.78. The van der Waals surface area contributed by atoms with Crippen LogP contribution in [-0.4, -0.2) is 31.1 Å². The van der Waals surface area contributed by atoms with Crippen molar-refractivity contribution in [2.24, 2.45) is 0 Å². The lowest BCUT2D eigenvalue weighted by Gasteiger charge is -2.18. The third-order valence-corrected chi connectivity index (χ3v) is 3.67. The van der Waals surface area contributed by atoms with Gasteiger partial charge in [-0.3, -0.25) is 4.79 Å². The number of ether oxygens (including phenoxy) is 2. The van der Waals surface area contributed by atoms with Gasteiger partial charge in [-0.1, -0.05) is 24.3 Å². The Hall–Kier alpha value is -2.49. The summed E-state index contributed by atoms with van der Waals surface area (Å²) in [4.78, 5) is 14.1. The third-order valence-electron chi connectivity index (χ3n) is 3.67. The highest BCUT2D eigenvalue weighted by Gasteiger charge is 2.10. The first-order valence-electron chi connectivity index (χ1n) is 8.29. The van der Waals surface area contributed by atoms with Crippen LogP contribution in [0.2, 0.25) is 0 Å². The molecule has 0 N–H and O–H groups in total. The number of hydrogen-bond acceptors (Lipinski definition) is 3. The maximum absolute atomic E-state index is 12.4. The van der Waals surface area contributed by atoms with Gasteiger partial charge in [-0.2, -0.15) is 0 Å². The van der Waals surface area contributed by atoms with Gasteiger partial charge in [-0.25, -0.2) is 0 Å². The van der Waals surface area contributed by atoms with Crippen molar-refractivity contribution in [3.63, 3.8) is 0 Å². The van der Waals surface area contributed by atoms with E-state index in [1.807, 2.05) is 69.4 Å². The maximum Gasteiger partial charge on any atom is 0.227 e. The highest BCUT2D eigenvalue weighted by atomic mass is 16.5. The first kappa shape index (κ1) is 17.9. The minimum atomic E-state index is 0.0908. The van der Waals surface area contributed by atoms with Crippen molar-refractivity contribution < 1.29 is 14.3 Å². The summed E-state index contributed by atoms with van der Waals surface area (Å²) in [6.45, 7) is 5.79. The van der Waals surface area contributed by atoms with Crippen molar-refractivity contribution in [1.82, 2.24) is 4.90 Å². The van der Waals surface area contributed by atoms with E-state index in [1.54, 1.807) is 4.90 Å². The van der Waals surface area contributed by atoms with Gasteiger partial charge in [0.05, 0.1) is 19.6 Å². The summed E-state index contributed by atoms with van der Waals surface area (Å²) >= 11 is 0. The summed E-state index contributed by atoms with van der Waals surface area (Å²) in [5.74, 6) is 1.77. The van der Waals surface area contributed by atoms with Gasteiger partial charge in [0.1, 0.15) is 11.5 Å². The number of carbonyl (C=O) groups is 1. The average molecular weight is 327 g/mol. The maximum atomic E-state index is 12.4. The summed E-state index contributed by atoms with van der Waals surface area (Å²) in [6.07, 6.45) is 0.389. The Kier molecular flexibility index (Phi) is 6.67. The van der Waals surface area contributed by atoms with Crippen LogP contribution in [0.3, 0.4) is 0 Å². The minimum Gasteiger partial charge on any atom is -0.494 e. The van der Waals surface area contributed by atoms with E-state index in [-0.39, 0.29) is 5.91 Å². The quantitative estimate of drug-likeness (QED) is 0.742. The summed E-state index contributed by atoms with van der Waals surface area (Å²) in [7, 11) is 1.83. The van der Waals surface area contributed by atoms with Gasteiger partial charge in [0.2, 0.25) is 5.91 Å². The van der Waals surface area contributed by atoms with E-state index in [1.165, 1.54) is 0 Å². The molecule has 4 heteroatoms. The first-order valence-corrected chi connectivity index (χ1v) is 8.29. The van der Waals surface area contributed by atoms with Crippen LogP contribution in [0.15, 0.2) is 48.5 Å². The van der Waals surface area contributed by atoms with E-state index in [9.17, 15) is 4.79 Å². The molecular formula is C20H25NO3. The Morgan fingerprint density at radius 2 is 1.29 bits per heavy atom. The van der Waals surface area contributed by atoms with Crippen molar-refractivity contribution >= 4 is 5.91 Å². The molecule has 0 bridgehead atoms. The molecule has 4 nitrogen and oxygen atoms in total. The van der Waals surface area contributed by atoms with Crippen LogP contribution < -0.4 is 9.47 Å². The number of hydrogen-bond donors (Lipinski definition) is 0. The predicted octanol–water partition coefficient (Wildman–Crippen LogP) is 3.69. The van der Waals surface area contributed by atoms with E-state index in [4.69, 9.17) is 9.47 Å².